The minimum atomic E-state index is 0.780. The molecule has 0 aliphatic heterocycles. The summed E-state index contributed by atoms with van der Waals surface area (Å²) in [7, 11) is 1.62. The Morgan fingerprint density at radius 2 is 2.08 bits per heavy atom. The molecular formula is C11H12O2. The van der Waals surface area contributed by atoms with E-state index in [0.717, 1.165) is 23.2 Å². The fourth-order valence-corrected chi connectivity index (χ4v) is 1.16. The third kappa shape index (κ3) is 2.18. The van der Waals surface area contributed by atoms with Crippen LogP contribution >= 0.6 is 0 Å². The number of ether oxygens (including phenoxy) is 1. The van der Waals surface area contributed by atoms with Crippen LogP contribution in [0.5, 0.6) is 5.75 Å². The summed E-state index contributed by atoms with van der Waals surface area (Å²) in [6.45, 7) is 1.88. The van der Waals surface area contributed by atoms with Gasteiger partial charge in [0, 0.05) is 5.56 Å². The van der Waals surface area contributed by atoms with Crippen LogP contribution in [0.1, 0.15) is 12.5 Å². The molecule has 0 atom stereocenters. The quantitative estimate of drug-likeness (QED) is 0.521. The van der Waals surface area contributed by atoms with Crippen molar-refractivity contribution in [1.82, 2.24) is 0 Å². The average molecular weight is 176 g/mol. The van der Waals surface area contributed by atoms with E-state index in [1.165, 1.54) is 6.08 Å². The Labute approximate surface area is 77.8 Å². The van der Waals surface area contributed by atoms with Crippen LogP contribution in [0, 0.1) is 0 Å². The lowest BCUT2D eigenvalue weighted by atomic mass is 10.1. The summed E-state index contributed by atoms with van der Waals surface area (Å²) >= 11 is 0. The smallest absolute Gasteiger partial charge is 0.143 e. The second kappa shape index (κ2) is 4.45. The number of carbonyl (C=O) groups excluding carboxylic acids is 1. The van der Waals surface area contributed by atoms with Gasteiger partial charge in [0.25, 0.3) is 0 Å². The molecule has 0 amide bonds. The number of carbonyl (C=O) groups is 1. The first-order chi connectivity index (χ1) is 6.29. The van der Waals surface area contributed by atoms with Crippen molar-refractivity contribution in [2.24, 2.45) is 0 Å². The molecule has 0 saturated carbocycles. The molecule has 0 saturated heterocycles. The van der Waals surface area contributed by atoms with Crippen LogP contribution in [0.2, 0.25) is 0 Å². The van der Waals surface area contributed by atoms with E-state index >= 15 is 0 Å². The van der Waals surface area contributed by atoms with E-state index in [1.54, 1.807) is 7.11 Å². The molecule has 0 spiro atoms. The zero-order valence-corrected chi connectivity index (χ0v) is 7.78. The van der Waals surface area contributed by atoms with E-state index in [0.29, 0.717) is 0 Å². The molecule has 1 rings (SSSR count). The largest absolute Gasteiger partial charge is 0.496 e. The van der Waals surface area contributed by atoms with Gasteiger partial charge in [0.15, 0.2) is 0 Å². The normalized spacial score (nSPS) is 11.1. The predicted octanol–water partition coefficient (Wildman–Crippen LogP) is 2.30. The van der Waals surface area contributed by atoms with Gasteiger partial charge in [-0.2, -0.15) is 0 Å². The van der Waals surface area contributed by atoms with Gasteiger partial charge in [-0.15, -0.1) is 0 Å². The fraction of sp³-hybridized carbons (Fsp3) is 0.182. The monoisotopic (exact) mass is 176 g/mol. The van der Waals surface area contributed by atoms with Gasteiger partial charge in [0.1, 0.15) is 12.0 Å². The lowest BCUT2D eigenvalue weighted by Crippen LogP contribution is -1.89. The molecule has 0 radical (unpaired) electrons. The van der Waals surface area contributed by atoms with Crippen LogP contribution in [-0.2, 0) is 4.79 Å². The highest BCUT2D eigenvalue weighted by Crippen LogP contribution is 2.24. The second-order valence-corrected chi connectivity index (χ2v) is 2.69. The lowest BCUT2D eigenvalue weighted by molar-refractivity contribution is -0.104. The van der Waals surface area contributed by atoms with E-state index in [2.05, 4.69) is 0 Å². The lowest BCUT2D eigenvalue weighted by Gasteiger charge is -2.06. The number of allylic oxidation sites excluding steroid dienone is 2. The van der Waals surface area contributed by atoms with Gasteiger partial charge >= 0.3 is 0 Å². The Morgan fingerprint density at radius 3 is 2.69 bits per heavy atom. The molecule has 13 heavy (non-hydrogen) atoms. The zero-order valence-electron chi connectivity index (χ0n) is 7.78. The zero-order chi connectivity index (χ0) is 9.68. The van der Waals surface area contributed by atoms with Crippen molar-refractivity contribution in [2.45, 2.75) is 6.92 Å². The number of aldehydes is 1. The van der Waals surface area contributed by atoms with Crippen molar-refractivity contribution < 1.29 is 9.53 Å². The molecule has 0 unspecified atom stereocenters. The van der Waals surface area contributed by atoms with E-state index in [9.17, 15) is 4.79 Å². The fourth-order valence-electron chi connectivity index (χ4n) is 1.16. The van der Waals surface area contributed by atoms with Crippen molar-refractivity contribution in [2.75, 3.05) is 7.11 Å². The molecule has 0 aliphatic carbocycles. The van der Waals surface area contributed by atoms with Crippen LogP contribution < -0.4 is 4.74 Å². The third-order valence-corrected chi connectivity index (χ3v) is 1.85. The summed E-state index contributed by atoms with van der Waals surface area (Å²) in [5.41, 5.74) is 1.87. The predicted molar refractivity (Wildman–Crippen MR) is 52.7 cm³/mol. The Morgan fingerprint density at radius 1 is 1.38 bits per heavy atom. The van der Waals surface area contributed by atoms with Gasteiger partial charge in [-0.1, -0.05) is 18.2 Å². The van der Waals surface area contributed by atoms with Gasteiger partial charge in [0.05, 0.1) is 7.11 Å². The van der Waals surface area contributed by atoms with Crippen molar-refractivity contribution >= 4 is 11.9 Å². The van der Waals surface area contributed by atoms with Crippen molar-refractivity contribution in [3.63, 3.8) is 0 Å². The van der Waals surface area contributed by atoms with E-state index < -0.39 is 0 Å². The molecule has 0 fully saturated rings. The number of hydrogen-bond donors (Lipinski definition) is 0. The molecule has 2 heteroatoms. The maximum Gasteiger partial charge on any atom is 0.143 e. The van der Waals surface area contributed by atoms with E-state index in [-0.39, 0.29) is 0 Å². The summed E-state index contributed by atoms with van der Waals surface area (Å²) in [5.74, 6) is 0.790. The van der Waals surface area contributed by atoms with Gasteiger partial charge in [-0.05, 0) is 24.6 Å². The van der Waals surface area contributed by atoms with Gasteiger partial charge in [0.2, 0.25) is 0 Å². The number of hydrogen-bond acceptors (Lipinski definition) is 2. The Balaban J connectivity index is 3.12. The van der Waals surface area contributed by atoms with E-state index in [1.807, 2.05) is 31.2 Å². The Bertz CT molecular complexity index is 327. The van der Waals surface area contributed by atoms with Crippen LogP contribution in [-0.4, -0.2) is 13.4 Å². The standard InChI is InChI=1S/C11H12O2/c1-9(7-8-12)10-5-3-4-6-11(10)13-2/h3-8H,1-2H3. The topological polar surface area (TPSA) is 26.3 Å². The van der Waals surface area contributed by atoms with Crippen LogP contribution in [0.3, 0.4) is 0 Å². The Kier molecular flexibility index (Phi) is 3.26. The first-order valence-corrected chi connectivity index (χ1v) is 4.05. The molecule has 0 N–H and O–H groups in total. The molecule has 0 aromatic heterocycles. The SMILES string of the molecule is COc1ccccc1C(C)=CC=O. The number of para-hydroxylation sites is 1. The molecule has 0 bridgehead atoms. The van der Waals surface area contributed by atoms with Crippen molar-refractivity contribution in [3.8, 4) is 5.75 Å². The van der Waals surface area contributed by atoms with Crippen molar-refractivity contribution in [1.29, 1.82) is 0 Å². The van der Waals surface area contributed by atoms with Crippen LogP contribution in [0.15, 0.2) is 30.3 Å². The number of benzene rings is 1. The molecule has 0 heterocycles. The summed E-state index contributed by atoms with van der Waals surface area (Å²) in [4.78, 5) is 10.3. The highest BCUT2D eigenvalue weighted by Gasteiger charge is 2.01. The van der Waals surface area contributed by atoms with Crippen molar-refractivity contribution in [3.05, 3.63) is 35.9 Å². The molecular weight excluding hydrogens is 164 g/mol. The molecule has 1 aromatic carbocycles. The van der Waals surface area contributed by atoms with Gasteiger partial charge in [-0.3, -0.25) is 4.79 Å². The number of methoxy groups -OCH3 is 1. The molecule has 68 valence electrons. The highest BCUT2D eigenvalue weighted by molar-refractivity contribution is 5.82. The van der Waals surface area contributed by atoms with Crippen LogP contribution in [0.4, 0.5) is 0 Å². The summed E-state index contributed by atoms with van der Waals surface area (Å²) < 4.78 is 5.16. The second-order valence-electron chi connectivity index (χ2n) is 2.69. The average Bonchev–Trinajstić information content (AvgIpc) is 2.18. The molecule has 2 nitrogen and oxygen atoms in total. The summed E-state index contributed by atoms with van der Waals surface area (Å²) in [6, 6.07) is 7.61. The molecule has 0 aliphatic rings. The summed E-state index contributed by atoms with van der Waals surface area (Å²) in [6.07, 6.45) is 2.31. The number of rotatable bonds is 3. The minimum Gasteiger partial charge on any atom is -0.496 e. The molecule has 1 aromatic rings. The first-order valence-electron chi connectivity index (χ1n) is 4.05. The van der Waals surface area contributed by atoms with E-state index in [4.69, 9.17) is 4.74 Å². The summed E-state index contributed by atoms with van der Waals surface area (Å²) in [5, 5.41) is 0. The maximum absolute atomic E-state index is 10.3. The maximum atomic E-state index is 10.3. The van der Waals surface area contributed by atoms with Gasteiger partial charge < -0.3 is 4.74 Å². The third-order valence-electron chi connectivity index (χ3n) is 1.85. The Hall–Kier alpha value is -1.57. The first kappa shape index (κ1) is 9.52. The van der Waals surface area contributed by atoms with Crippen LogP contribution in [0.25, 0.3) is 5.57 Å². The highest BCUT2D eigenvalue weighted by atomic mass is 16.5. The van der Waals surface area contributed by atoms with Gasteiger partial charge in [-0.25, -0.2) is 0 Å². The minimum absolute atomic E-state index is 0.780.